The maximum absolute atomic E-state index is 11.6. The Kier molecular flexibility index (Phi) is 4.62. The van der Waals surface area contributed by atoms with E-state index in [1.165, 1.54) is 18.6 Å². The van der Waals surface area contributed by atoms with Gasteiger partial charge in [0.1, 0.15) is 0 Å². The van der Waals surface area contributed by atoms with Crippen molar-refractivity contribution in [1.29, 1.82) is 0 Å². The molecule has 20 heavy (non-hydrogen) atoms. The van der Waals surface area contributed by atoms with Gasteiger partial charge in [-0.15, -0.1) is 0 Å². The highest BCUT2D eigenvalue weighted by molar-refractivity contribution is 6.33. The number of hydrogen-bond donors (Lipinski definition) is 1. The minimum absolute atomic E-state index is 0.0399. The Hall–Kier alpha value is -2.47. The number of benzene rings is 1. The zero-order valence-electron chi connectivity index (χ0n) is 10.2. The van der Waals surface area contributed by atoms with Gasteiger partial charge in [-0.2, -0.15) is 0 Å². The summed E-state index contributed by atoms with van der Waals surface area (Å²) < 4.78 is 4.81. The van der Waals surface area contributed by atoms with Crippen LogP contribution in [0.1, 0.15) is 10.5 Å². The normalized spacial score (nSPS) is 9.85. The van der Waals surface area contributed by atoms with Crippen LogP contribution in [0.4, 0.5) is 5.69 Å². The first-order valence-electron chi connectivity index (χ1n) is 5.64. The van der Waals surface area contributed by atoms with E-state index in [9.17, 15) is 9.59 Å². The van der Waals surface area contributed by atoms with Crippen molar-refractivity contribution in [2.45, 2.75) is 0 Å². The average Bonchev–Trinajstić information content (AvgIpc) is 2.48. The molecule has 0 spiro atoms. The Morgan fingerprint density at radius 2 is 2.05 bits per heavy atom. The Bertz CT molecular complexity index is 619. The fourth-order valence-corrected chi connectivity index (χ4v) is 1.54. The van der Waals surface area contributed by atoms with Gasteiger partial charge in [0.15, 0.2) is 12.3 Å². The topological polar surface area (TPSA) is 81.2 Å². The molecule has 7 heteroatoms. The minimum atomic E-state index is -0.715. The van der Waals surface area contributed by atoms with Gasteiger partial charge in [0.2, 0.25) is 0 Å². The summed E-state index contributed by atoms with van der Waals surface area (Å²) in [7, 11) is 0. The Morgan fingerprint density at radius 1 is 1.25 bits per heavy atom. The molecule has 0 atom stereocenters. The number of anilines is 1. The van der Waals surface area contributed by atoms with Crippen molar-refractivity contribution in [3.63, 3.8) is 0 Å². The highest BCUT2D eigenvalue weighted by Gasteiger charge is 2.12. The van der Waals surface area contributed by atoms with Gasteiger partial charge < -0.3 is 10.1 Å². The van der Waals surface area contributed by atoms with Crippen LogP contribution in [0.5, 0.6) is 0 Å². The average molecular weight is 292 g/mol. The number of rotatable bonds is 4. The molecule has 0 saturated carbocycles. The maximum Gasteiger partial charge on any atom is 0.359 e. The van der Waals surface area contributed by atoms with Gasteiger partial charge in [-0.05, 0) is 12.1 Å². The van der Waals surface area contributed by atoms with Crippen LogP contribution in [0, 0.1) is 0 Å². The number of aromatic nitrogens is 2. The van der Waals surface area contributed by atoms with Gasteiger partial charge in [-0.25, -0.2) is 9.78 Å². The molecule has 1 amide bonds. The highest BCUT2D eigenvalue weighted by Crippen LogP contribution is 2.20. The monoisotopic (exact) mass is 291 g/mol. The van der Waals surface area contributed by atoms with Crippen LogP contribution in [0.2, 0.25) is 5.02 Å². The van der Waals surface area contributed by atoms with Crippen LogP contribution in [0.25, 0.3) is 0 Å². The molecule has 1 heterocycles. The smallest absolute Gasteiger partial charge is 0.359 e. The number of esters is 1. The summed E-state index contributed by atoms with van der Waals surface area (Å²) in [6.45, 7) is -0.430. The number of amides is 1. The Labute approximate surface area is 119 Å². The molecule has 0 aliphatic heterocycles. The molecule has 2 aromatic rings. The van der Waals surface area contributed by atoms with Crippen molar-refractivity contribution in [1.82, 2.24) is 9.97 Å². The molecule has 0 fully saturated rings. The van der Waals surface area contributed by atoms with Crippen LogP contribution in [0.15, 0.2) is 42.9 Å². The molecule has 0 unspecified atom stereocenters. The SMILES string of the molecule is O=C(COC(=O)c1cnccn1)Nc1ccccc1Cl. The van der Waals surface area contributed by atoms with Crippen LogP contribution < -0.4 is 5.32 Å². The van der Waals surface area contributed by atoms with Crippen molar-refractivity contribution < 1.29 is 14.3 Å². The minimum Gasteiger partial charge on any atom is -0.451 e. The van der Waals surface area contributed by atoms with E-state index in [4.69, 9.17) is 16.3 Å². The summed E-state index contributed by atoms with van der Waals surface area (Å²) in [5.74, 6) is -1.21. The van der Waals surface area contributed by atoms with Gasteiger partial charge >= 0.3 is 5.97 Å². The van der Waals surface area contributed by atoms with E-state index in [2.05, 4.69) is 15.3 Å². The van der Waals surface area contributed by atoms with Crippen molar-refractivity contribution >= 4 is 29.2 Å². The first-order chi connectivity index (χ1) is 9.66. The van der Waals surface area contributed by atoms with Crippen molar-refractivity contribution in [3.05, 3.63) is 53.6 Å². The first kappa shape index (κ1) is 14.0. The maximum atomic E-state index is 11.6. The van der Waals surface area contributed by atoms with Crippen molar-refractivity contribution in [2.24, 2.45) is 0 Å². The van der Waals surface area contributed by atoms with Crippen molar-refractivity contribution in [3.8, 4) is 0 Å². The van der Waals surface area contributed by atoms with E-state index in [0.29, 0.717) is 10.7 Å². The second kappa shape index (κ2) is 6.63. The Balaban J connectivity index is 1.87. The summed E-state index contributed by atoms with van der Waals surface area (Å²) in [5, 5.41) is 2.94. The number of nitrogens with one attached hydrogen (secondary N) is 1. The lowest BCUT2D eigenvalue weighted by atomic mass is 10.3. The van der Waals surface area contributed by atoms with E-state index in [0.717, 1.165) is 0 Å². The first-order valence-corrected chi connectivity index (χ1v) is 6.02. The summed E-state index contributed by atoms with van der Waals surface area (Å²) in [4.78, 5) is 30.7. The molecule has 0 aliphatic rings. The summed E-state index contributed by atoms with van der Waals surface area (Å²) in [6.07, 6.45) is 4.05. The van der Waals surface area contributed by atoms with Crippen molar-refractivity contribution in [2.75, 3.05) is 11.9 Å². The number of para-hydroxylation sites is 1. The van der Waals surface area contributed by atoms with Crippen LogP contribution in [-0.4, -0.2) is 28.5 Å². The van der Waals surface area contributed by atoms with E-state index in [1.807, 2.05) is 0 Å². The molecular formula is C13H10ClN3O3. The zero-order valence-corrected chi connectivity index (χ0v) is 11.0. The lowest BCUT2D eigenvalue weighted by Gasteiger charge is -2.07. The number of carbonyl (C=O) groups excluding carboxylic acids is 2. The number of carbonyl (C=O) groups is 2. The molecule has 0 saturated heterocycles. The fourth-order valence-electron chi connectivity index (χ4n) is 1.36. The van der Waals surface area contributed by atoms with Gasteiger partial charge in [0.25, 0.3) is 5.91 Å². The van der Waals surface area contributed by atoms with Crippen LogP contribution >= 0.6 is 11.6 Å². The molecule has 0 bridgehead atoms. The summed E-state index contributed by atoms with van der Waals surface area (Å²) in [6, 6.07) is 6.76. The molecule has 1 N–H and O–H groups in total. The quantitative estimate of drug-likeness (QED) is 0.871. The third-order valence-electron chi connectivity index (χ3n) is 2.25. The number of halogens is 1. The second-order valence-corrected chi connectivity index (χ2v) is 4.10. The summed E-state index contributed by atoms with van der Waals surface area (Å²) in [5.41, 5.74) is 0.493. The molecular weight excluding hydrogens is 282 g/mol. The fraction of sp³-hybridized carbons (Fsp3) is 0.0769. The predicted octanol–water partition coefficient (Wildman–Crippen LogP) is 1.93. The van der Waals surface area contributed by atoms with Crippen LogP contribution in [-0.2, 0) is 9.53 Å². The van der Waals surface area contributed by atoms with Gasteiger partial charge in [-0.3, -0.25) is 9.78 Å². The molecule has 102 valence electrons. The van der Waals surface area contributed by atoms with E-state index in [1.54, 1.807) is 24.3 Å². The zero-order chi connectivity index (χ0) is 14.4. The molecule has 6 nitrogen and oxygen atoms in total. The van der Waals surface area contributed by atoms with Gasteiger partial charge in [0, 0.05) is 12.4 Å². The molecule has 0 aliphatic carbocycles. The van der Waals surface area contributed by atoms with Gasteiger partial charge in [0.05, 0.1) is 16.9 Å². The van der Waals surface area contributed by atoms with Gasteiger partial charge in [-0.1, -0.05) is 23.7 Å². The van der Waals surface area contributed by atoms with E-state index in [-0.39, 0.29) is 5.69 Å². The van der Waals surface area contributed by atoms with E-state index < -0.39 is 18.5 Å². The van der Waals surface area contributed by atoms with E-state index >= 15 is 0 Å². The number of ether oxygens (including phenoxy) is 1. The highest BCUT2D eigenvalue weighted by atomic mass is 35.5. The molecule has 1 aromatic carbocycles. The number of hydrogen-bond acceptors (Lipinski definition) is 5. The second-order valence-electron chi connectivity index (χ2n) is 3.69. The third-order valence-corrected chi connectivity index (χ3v) is 2.58. The summed E-state index contributed by atoms with van der Waals surface area (Å²) >= 11 is 5.89. The lowest BCUT2D eigenvalue weighted by molar-refractivity contribution is -0.119. The number of nitrogens with zero attached hydrogens (tertiary/aromatic N) is 2. The third kappa shape index (κ3) is 3.76. The predicted molar refractivity (Wildman–Crippen MR) is 72.4 cm³/mol. The molecule has 2 rings (SSSR count). The van der Waals surface area contributed by atoms with Crippen LogP contribution in [0.3, 0.4) is 0 Å². The lowest BCUT2D eigenvalue weighted by Crippen LogP contribution is -2.21. The molecule has 1 aromatic heterocycles. The standard InChI is InChI=1S/C13H10ClN3O3/c14-9-3-1-2-4-10(9)17-12(18)8-20-13(19)11-7-15-5-6-16-11/h1-7H,8H2,(H,17,18). The molecule has 0 radical (unpaired) electrons. The largest absolute Gasteiger partial charge is 0.451 e. The Morgan fingerprint density at radius 3 is 2.75 bits per heavy atom.